The van der Waals surface area contributed by atoms with Crippen LogP contribution in [0.4, 0.5) is 5.69 Å². The minimum absolute atomic E-state index is 0.0000521. The lowest BCUT2D eigenvalue weighted by Gasteiger charge is -2.33. The third kappa shape index (κ3) is 10.2. The van der Waals surface area contributed by atoms with Crippen LogP contribution >= 0.6 is 23.2 Å². The summed E-state index contributed by atoms with van der Waals surface area (Å²) in [7, 11) is -2.16. The second-order valence-electron chi connectivity index (χ2n) is 10.4. The molecule has 2 atom stereocenters. The highest BCUT2D eigenvalue weighted by molar-refractivity contribution is 7.92. The Balaban J connectivity index is 1.93. The quantitative estimate of drug-likeness (QED) is 0.215. The monoisotopic (exact) mass is 647 g/mol. The fraction of sp³-hybridized carbons (Fsp3) is 0.375. The van der Waals surface area contributed by atoms with Gasteiger partial charge >= 0.3 is 0 Å². The third-order valence-corrected chi connectivity index (χ3v) is 8.82. The predicted molar refractivity (Wildman–Crippen MR) is 173 cm³/mol. The fourth-order valence-electron chi connectivity index (χ4n) is 4.62. The van der Waals surface area contributed by atoms with Crippen molar-refractivity contribution in [2.24, 2.45) is 0 Å². The van der Waals surface area contributed by atoms with E-state index in [0.29, 0.717) is 17.2 Å². The van der Waals surface area contributed by atoms with Crippen molar-refractivity contribution in [2.75, 3.05) is 24.2 Å². The lowest BCUT2D eigenvalue weighted by molar-refractivity contribution is -0.141. The van der Waals surface area contributed by atoms with E-state index in [4.69, 9.17) is 27.9 Å². The fourth-order valence-corrected chi connectivity index (χ4v) is 6.03. The van der Waals surface area contributed by atoms with Gasteiger partial charge in [-0.2, -0.15) is 0 Å². The van der Waals surface area contributed by atoms with E-state index in [1.54, 1.807) is 18.1 Å². The Morgan fingerprint density at radius 1 is 0.977 bits per heavy atom. The van der Waals surface area contributed by atoms with Crippen LogP contribution in [-0.2, 0) is 32.6 Å². The molecule has 11 heteroatoms. The standard InChI is InChI=1S/C32H39Cl2N3O5S/c1-5-23(2)35-32(39)30(20-24-11-7-6-8-12-24)36(22-25-13-9-14-27(19-25)42-3)31(38)15-10-18-37(43(4,40)41)29-21-26(33)16-17-28(29)34/h6-9,11-14,16-17,19,21,23,30H,5,10,15,18,20,22H2,1-4H3,(H,35,39)/t23-,30-/m0/s1. The number of methoxy groups -OCH3 is 1. The maximum Gasteiger partial charge on any atom is 0.243 e. The van der Waals surface area contributed by atoms with Crippen LogP contribution in [0.25, 0.3) is 0 Å². The molecule has 3 aromatic rings. The lowest BCUT2D eigenvalue weighted by Crippen LogP contribution is -2.52. The van der Waals surface area contributed by atoms with Crippen molar-refractivity contribution < 1.29 is 22.7 Å². The summed E-state index contributed by atoms with van der Waals surface area (Å²) >= 11 is 12.4. The maximum atomic E-state index is 14.0. The topological polar surface area (TPSA) is 96.0 Å². The Labute approximate surface area is 265 Å². The Kier molecular flexibility index (Phi) is 12.7. The van der Waals surface area contributed by atoms with Crippen molar-refractivity contribution in [2.45, 2.75) is 58.2 Å². The summed E-state index contributed by atoms with van der Waals surface area (Å²) in [6, 6.07) is 20.6. The summed E-state index contributed by atoms with van der Waals surface area (Å²) in [6.45, 7) is 4.07. The number of halogens is 2. The van der Waals surface area contributed by atoms with Crippen LogP contribution < -0.4 is 14.4 Å². The van der Waals surface area contributed by atoms with Gasteiger partial charge in [-0.1, -0.05) is 72.6 Å². The molecule has 8 nitrogen and oxygen atoms in total. The molecule has 0 aromatic heterocycles. The first-order chi connectivity index (χ1) is 20.4. The first-order valence-electron chi connectivity index (χ1n) is 14.1. The van der Waals surface area contributed by atoms with Crippen LogP contribution in [-0.4, -0.2) is 57.1 Å². The Morgan fingerprint density at radius 2 is 1.67 bits per heavy atom. The first kappa shape index (κ1) is 34.2. The molecule has 1 N–H and O–H groups in total. The Bertz CT molecular complexity index is 1490. The zero-order valence-electron chi connectivity index (χ0n) is 24.9. The highest BCUT2D eigenvalue weighted by Crippen LogP contribution is 2.31. The van der Waals surface area contributed by atoms with Gasteiger partial charge in [-0.15, -0.1) is 0 Å². The van der Waals surface area contributed by atoms with E-state index in [1.807, 2.05) is 68.4 Å². The molecule has 0 aliphatic carbocycles. The maximum absolute atomic E-state index is 14.0. The SMILES string of the molecule is CC[C@H](C)NC(=O)[C@H](Cc1ccccc1)N(Cc1cccc(OC)c1)C(=O)CCCN(c1cc(Cl)ccc1Cl)S(C)(=O)=O. The average molecular weight is 649 g/mol. The molecule has 3 rings (SSSR count). The van der Waals surface area contributed by atoms with Gasteiger partial charge in [-0.3, -0.25) is 13.9 Å². The number of amides is 2. The number of nitrogens with zero attached hydrogens (tertiary/aromatic N) is 2. The summed E-state index contributed by atoms with van der Waals surface area (Å²) in [4.78, 5) is 29.3. The molecule has 0 unspecified atom stereocenters. The molecule has 0 saturated carbocycles. The summed E-state index contributed by atoms with van der Waals surface area (Å²) in [5.74, 6) is 0.0994. The Morgan fingerprint density at radius 3 is 2.33 bits per heavy atom. The van der Waals surface area contributed by atoms with Crippen molar-refractivity contribution in [3.05, 3.63) is 94.0 Å². The van der Waals surface area contributed by atoms with Gasteiger partial charge in [0.15, 0.2) is 0 Å². The van der Waals surface area contributed by atoms with Crippen LogP contribution in [0, 0.1) is 0 Å². The molecule has 2 amide bonds. The number of ether oxygens (including phenoxy) is 1. The van der Waals surface area contributed by atoms with Gasteiger partial charge in [0, 0.05) is 37.0 Å². The van der Waals surface area contributed by atoms with E-state index in [2.05, 4.69) is 5.32 Å². The van der Waals surface area contributed by atoms with Crippen molar-refractivity contribution in [3.63, 3.8) is 0 Å². The number of sulfonamides is 1. The summed E-state index contributed by atoms with van der Waals surface area (Å²) in [5, 5.41) is 3.61. The molecule has 0 bridgehead atoms. The van der Waals surface area contributed by atoms with Gasteiger partial charge < -0.3 is 15.0 Å². The van der Waals surface area contributed by atoms with Gasteiger partial charge in [0.1, 0.15) is 11.8 Å². The first-order valence-corrected chi connectivity index (χ1v) is 16.7. The molecular formula is C32H39Cl2N3O5S. The highest BCUT2D eigenvalue weighted by atomic mass is 35.5. The number of hydrogen-bond donors (Lipinski definition) is 1. The molecule has 0 aliphatic heterocycles. The van der Waals surface area contributed by atoms with E-state index in [1.165, 1.54) is 12.1 Å². The zero-order valence-corrected chi connectivity index (χ0v) is 27.3. The average Bonchev–Trinajstić information content (AvgIpc) is 2.98. The number of nitrogens with one attached hydrogen (secondary N) is 1. The zero-order chi connectivity index (χ0) is 31.6. The molecule has 43 heavy (non-hydrogen) atoms. The minimum atomic E-state index is -3.73. The van der Waals surface area contributed by atoms with Crippen molar-refractivity contribution >= 4 is 50.7 Å². The Hall–Kier alpha value is -3.27. The molecule has 0 saturated heterocycles. The number of hydrogen-bond acceptors (Lipinski definition) is 5. The molecule has 0 fully saturated rings. The van der Waals surface area contributed by atoms with E-state index in [0.717, 1.165) is 28.1 Å². The molecular weight excluding hydrogens is 609 g/mol. The van der Waals surface area contributed by atoms with Crippen molar-refractivity contribution in [1.29, 1.82) is 0 Å². The van der Waals surface area contributed by atoms with Crippen LogP contribution in [0.1, 0.15) is 44.2 Å². The molecule has 3 aromatic carbocycles. The normalized spacial score (nSPS) is 12.7. The number of rotatable bonds is 15. The van der Waals surface area contributed by atoms with Gasteiger partial charge in [0.05, 0.1) is 24.1 Å². The van der Waals surface area contributed by atoms with E-state index in [-0.39, 0.29) is 54.5 Å². The third-order valence-electron chi connectivity index (χ3n) is 7.09. The summed E-state index contributed by atoms with van der Waals surface area (Å²) in [6.07, 6.45) is 2.31. The van der Waals surface area contributed by atoms with Gasteiger partial charge in [-0.05, 0) is 61.2 Å². The summed E-state index contributed by atoms with van der Waals surface area (Å²) in [5.41, 5.74) is 1.95. The predicted octanol–water partition coefficient (Wildman–Crippen LogP) is 6.10. The van der Waals surface area contributed by atoms with Gasteiger partial charge in [-0.25, -0.2) is 8.42 Å². The largest absolute Gasteiger partial charge is 0.497 e. The second-order valence-corrected chi connectivity index (χ2v) is 13.2. The van der Waals surface area contributed by atoms with Crippen LogP contribution in [0.15, 0.2) is 72.8 Å². The molecule has 0 spiro atoms. The minimum Gasteiger partial charge on any atom is -0.497 e. The lowest BCUT2D eigenvalue weighted by atomic mass is 10.0. The number of carbonyl (C=O) groups excluding carboxylic acids is 2. The number of benzene rings is 3. The van der Waals surface area contributed by atoms with Gasteiger partial charge in [0.25, 0.3) is 0 Å². The van der Waals surface area contributed by atoms with E-state index < -0.39 is 16.1 Å². The molecule has 0 heterocycles. The van der Waals surface area contributed by atoms with Gasteiger partial charge in [0.2, 0.25) is 21.8 Å². The van der Waals surface area contributed by atoms with Crippen molar-refractivity contribution in [3.8, 4) is 5.75 Å². The molecule has 0 aliphatic rings. The van der Waals surface area contributed by atoms with E-state index in [9.17, 15) is 18.0 Å². The summed E-state index contributed by atoms with van der Waals surface area (Å²) < 4.78 is 31.9. The van der Waals surface area contributed by atoms with Crippen LogP contribution in [0.5, 0.6) is 5.75 Å². The van der Waals surface area contributed by atoms with Crippen LogP contribution in [0.2, 0.25) is 10.0 Å². The number of anilines is 1. The van der Waals surface area contributed by atoms with E-state index >= 15 is 0 Å². The second kappa shape index (κ2) is 16.0. The number of carbonyl (C=O) groups is 2. The molecule has 0 radical (unpaired) electrons. The highest BCUT2D eigenvalue weighted by Gasteiger charge is 2.31. The smallest absolute Gasteiger partial charge is 0.243 e. The molecule has 232 valence electrons. The van der Waals surface area contributed by atoms with Crippen molar-refractivity contribution in [1.82, 2.24) is 10.2 Å². The van der Waals surface area contributed by atoms with Crippen LogP contribution in [0.3, 0.4) is 0 Å².